The molecule has 0 saturated carbocycles. The molecule has 6 nitrogen and oxygen atoms in total. The summed E-state index contributed by atoms with van der Waals surface area (Å²) in [6, 6.07) is 2.18. The molecule has 0 aliphatic carbocycles. The molecule has 0 aromatic carbocycles. The van der Waals surface area contributed by atoms with Crippen molar-refractivity contribution in [2.24, 2.45) is 14.1 Å². The normalized spacial score (nSPS) is 12.8. The number of halogens is 1. The van der Waals surface area contributed by atoms with Gasteiger partial charge < -0.3 is 5.32 Å². The average molecular weight is 341 g/mol. The molecule has 1 unspecified atom stereocenters. The quantitative estimate of drug-likeness (QED) is 0.873. The van der Waals surface area contributed by atoms with Crippen LogP contribution < -0.4 is 5.32 Å². The molecule has 2 aromatic rings. The second-order valence-corrected chi connectivity index (χ2v) is 5.57. The SMILES string of the molecule is CCCNC(c1cc(CC)nn1C)c1c(Br)nnn1C. The van der Waals surface area contributed by atoms with Crippen LogP contribution in [0.3, 0.4) is 0 Å². The molecule has 0 aliphatic heterocycles. The lowest BCUT2D eigenvalue weighted by Gasteiger charge is -2.19. The van der Waals surface area contributed by atoms with E-state index in [1.165, 1.54) is 0 Å². The monoisotopic (exact) mass is 340 g/mol. The molecule has 2 rings (SSSR count). The summed E-state index contributed by atoms with van der Waals surface area (Å²) in [6.07, 6.45) is 2.00. The van der Waals surface area contributed by atoms with Gasteiger partial charge in [0, 0.05) is 14.1 Å². The van der Waals surface area contributed by atoms with Crippen molar-refractivity contribution >= 4 is 15.9 Å². The fourth-order valence-corrected chi connectivity index (χ4v) is 2.82. The van der Waals surface area contributed by atoms with E-state index >= 15 is 0 Å². The Balaban J connectivity index is 2.44. The molecule has 0 aliphatic rings. The largest absolute Gasteiger partial charge is 0.304 e. The van der Waals surface area contributed by atoms with Gasteiger partial charge in [0.1, 0.15) is 0 Å². The summed E-state index contributed by atoms with van der Waals surface area (Å²) in [5.74, 6) is 0. The van der Waals surface area contributed by atoms with Crippen molar-refractivity contribution in [2.45, 2.75) is 32.7 Å². The molecule has 7 heteroatoms. The van der Waals surface area contributed by atoms with E-state index in [1.807, 2.05) is 18.8 Å². The van der Waals surface area contributed by atoms with Crippen LogP contribution in [0.25, 0.3) is 0 Å². The van der Waals surface area contributed by atoms with Gasteiger partial charge in [0.2, 0.25) is 0 Å². The second-order valence-electron chi connectivity index (χ2n) is 4.81. The van der Waals surface area contributed by atoms with Crippen LogP contribution in [0.15, 0.2) is 10.7 Å². The first-order valence-electron chi connectivity index (χ1n) is 6.89. The summed E-state index contributed by atoms with van der Waals surface area (Å²) in [4.78, 5) is 0. The van der Waals surface area contributed by atoms with E-state index in [-0.39, 0.29) is 6.04 Å². The standard InChI is InChI=1S/C13H21BrN6/c1-5-7-15-11(12-13(14)16-18-20(12)4)10-8-9(6-2)17-19(10)3/h8,11,15H,5-7H2,1-4H3. The highest BCUT2D eigenvalue weighted by Crippen LogP contribution is 2.27. The molecule has 0 fully saturated rings. The first-order chi connectivity index (χ1) is 9.58. The summed E-state index contributed by atoms with van der Waals surface area (Å²) >= 11 is 3.49. The Morgan fingerprint density at radius 2 is 2.05 bits per heavy atom. The average Bonchev–Trinajstić information content (AvgIpc) is 2.96. The number of aryl methyl sites for hydroxylation is 3. The summed E-state index contributed by atoms with van der Waals surface area (Å²) < 4.78 is 4.51. The van der Waals surface area contributed by atoms with E-state index < -0.39 is 0 Å². The molecule has 0 radical (unpaired) electrons. The van der Waals surface area contributed by atoms with Crippen LogP contribution in [0.4, 0.5) is 0 Å². The zero-order valence-corrected chi connectivity index (χ0v) is 14.0. The lowest BCUT2D eigenvalue weighted by atomic mass is 10.1. The van der Waals surface area contributed by atoms with Gasteiger partial charge in [-0.3, -0.25) is 4.68 Å². The Morgan fingerprint density at radius 3 is 2.55 bits per heavy atom. The molecular formula is C13H21BrN6. The van der Waals surface area contributed by atoms with Crippen LogP contribution in [0, 0.1) is 0 Å². The summed E-state index contributed by atoms with van der Waals surface area (Å²) in [5, 5.41) is 16.3. The predicted octanol–water partition coefficient (Wildman–Crippen LogP) is 1.96. The number of hydrogen-bond acceptors (Lipinski definition) is 4. The molecule has 2 aromatic heterocycles. The third kappa shape index (κ3) is 2.93. The maximum absolute atomic E-state index is 4.54. The van der Waals surface area contributed by atoms with Crippen molar-refractivity contribution in [3.63, 3.8) is 0 Å². The topological polar surface area (TPSA) is 60.6 Å². The number of nitrogens with one attached hydrogen (secondary N) is 1. The predicted molar refractivity (Wildman–Crippen MR) is 81.4 cm³/mol. The number of hydrogen-bond donors (Lipinski definition) is 1. The third-order valence-electron chi connectivity index (χ3n) is 3.32. The van der Waals surface area contributed by atoms with Crippen molar-refractivity contribution < 1.29 is 0 Å². The van der Waals surface area contributed by atoms with Gasteiger partial charge in [-0.05, 0) is 41.4 Å². The molecule has 20 heavy (non-hydrogen) atoms. The van der Waals surface area contributed by atoms with Gasteiger partial charge >= 0.3 is 0 Å². The molecule has 1 atom stereocenters. The highest BCUT2D eigenvalue weighted by molar-refractivity contribution is 9.10. The first-order valence-corrected chi connectivity index (χ1v) is 7.69. The van der Waals surface area contributed by atoms with Crippen molar-refractivity contribution in [3.05, 3.63) is 27.8 Å². The van der Waals surface area contributed by atoms with E-state index in [2.05, 4.69) is 56.6 Å². The van der Waals surface area contributed by atoms with Crippen molar-refractivity contribution in [3.8, 4) is 0 Å². The second kappa shape index (κ2) is 6.49. The van der Waals surface area contributed by atoms with Crippen LogP contribution in [-0.2, 0) is 20.5 Å². The van der Waals surface area contributed by atoms with Crippen LogP contribution in [-0.4, -0.2) is 31.3 Å². The molecule has 0 saturated heterocycles. The van der Waals surface area contributed by atoms with E-state index in [4.69, 9.17) is 0 Å². The van der Waals surface area contributed by atoms with Crippen molar-refractivity contribution in [1.82, 2.24) is 30.1 Å². The summed E-state index contributed by atoms with van der Waals surface area (Å²) in [5.41, 5.74) is 3.24. The highest BCUT2D eigenvalue weighted by atomic mass is 79.9. The minimum atomic E-state index is 0.0297. The molecule has 0 spiro atoms. The van der Waals surface area contributed by atoms with Crippen molar-refractivity contribution in [2.75, 3.05) is 6.54 Å². The minimum Gasteiger partial charge on any atom is -0.304 e. The maximum Gasteiger partial charge on any atom is 0.153 e. The Morgan fingerprint density at radius 1 is 1.30 bits per heavy atom. The first kappa shape index (κ1) is 15.2. The zero-order chi connectivity index (χ0) is 14.7. The Hall–Kier alpha value is -1.21. The van der Waals surface area contributed by atoms with Gasteiger partial charge in [-0.2, -0.15) is 5.10 Å². The van der Waals surface area contributed by atoms with Gasteiger partial charge in [-0.1, -0.05) is 19.1 Å². The van der Waals surface area contributed by atoms with E-state index in [1.54, 1.807) is 4.68 Å². The summed E-state index contributed by atoms with van der Waals surface area (Å²) in [6.45, 7) is 5.19. The summed E-state index contributed by atoms with van der Waals surface area (Å²) in [7, 11) is 3.89. The molecule has 110 valence electrons. The van der Waals surface area contributed by atoms with Crippen LogP contribution >= 0.6 is 15.9 Å². The highest BCUT2D eigenvalue weighted by Gasteiger charge is 2.24. The van der Waals surface area contributed by atoms with E-state index in [0.29, 0.717) is 0 Å². The smallest absolute Gasteiger partial charge is 0.153 e. The number of rotatable bonds is 6. The third-order valence-corrected chi connectivity index (χ3v) is 3.89. The van der Waals surface area contributed by atoms with Gasteiger partial charge in [0.15, 0.2) is 4.60 Å². The molecule has 0 bridgehead atoms. The maximum atomic E-state index is 4.54. The number of nitrogens with zero attached hydrogens (tertiary/aromatic N) is 5. The fraction of sp³-hybridized carbons (Fsp3) is 0.615. The van der Waals surface area contributed by atoms with Crippen LogP contribution in [0.5, 0.6) is 0 Å². The van der Waals surface area contributed by atoms with Crippen molar-refractivity contribution in [1.29, 1.82) is 0 Å². The number of aromatic nitrogens is 5. The Labute approximate surface area is 127 Å². The Kier molecular flexibility index (Phi) is 4.93. The zero-order valence-electron chi connectivity index (χ0n) is 12.4. The molecular weight excluding hydrogens is 320 g/mol. The minimum absolute atomic E-state index is 0.0297. The van der Waals surface area contributed by atoms with Gasteiger partial charge in [-0.15, -0.1) is 5.10 Å². The van der Waals surface area contributed by atoms with Crippen LogP contribution in [0.1, 0.15) is 43.4 Å². The van der Waals surface area contributed by atoms with E-state index in [9.17, 15) is 0 Å². The molecule has 1 N–H and O–H groups in total. The lowest BCUT2D eigenvalue weighted by Crippen LogP contribution is -2.27. The lowest BCUT2D eigenvalue weighted by molar-refractivity contribution is 0.517. The van der Waals surface area contributed by atoms with Crippen LogP contribution in [0.2, 0.25) is 0 Å². The van der Waals surface area contributed by atoms with Gasteiger partial charge in [0.05, 0.1) is 23.1 Å². The fourth-order valence-electron chi connectivity index (χ4n) is 2.26. The molecule has 2 heterocycles. The Bertz CT molecular complexity index is 554. The van der Waals surface area contributed by atoms with Gasteiger partial charge in [-0.25, -0.2) is 4.68 Å². The van der Waals surface area contributed by atoms with Gasteiger partial charge in [0.25, 0.3) is 0 Å². The van der Waals surface area contributed by atoms with E-state index in [0.717, 1.165) is 41.1 Å². The molecule has 0 amide bonds.